The van der Waals surface area contributed by atoms with Crippen LogP contribution in [0.4, 0.5) is 11.8 Å². The number of aromatic nitrogens is 4. The van der Waals surface area contributed by atoms with Crippen molar-refractivity contribution < 1.29 is 0 Å². The van der Waals surface area contributed by atoms with Gasteiger partial charge in [-0.2, -0.15) is 9.97 Å². The summed E-state index contributed by atoms with van der Waals surface area (Å²) in [6, 6.07) is 10.1. The number of rotatable bonds is 3. The van der Waals surface area contributed by atoms with Gasteiger partial charge in [-0.1, -0.05) is 30.3 Å². The van der Waals surface area contributed by atoms with Crippen LogP contribution in [0.1, 0.15) is 5.56 Å². The fourth-order valence-electron chi connectivity index (χ4n) is 1.93. The molecule has 6 nitrogen and oxygen atoms in total. The van der Waals surface area contributed by atoms with Gasteiger partial charge in [0.2, 0.25) is 5.95 Å². The second-order valence-corrected chi connectivity index (χ2v) is 4.30. The molecule has 0 atom stereocenters. The summed E-state index contributed by atoms with van der Waals surface area (Å²) in [4.78, 5) is 12.7. The van der Waals surface area contributed by atoms with E-state index in [1.165, 1.54) is 5.56 Å². The number of anilines is 2. The van der Waals surface area contributed by atoms with Gasteiger partial charge in [-0.25, -0.2) is 4.98 Å². The highest BCUT2D eigenvalue weighted by atomic mass is 15.2. The number of benzene rings is 1. The lowest BCUT2D eigenvalue weighted by molar-refractivity contribution is 0.929. The molecule has 2 heterocycles. The van der Waals surface area contributed by atoms with E-state index in [0.717, 1.165) is 11.2 Å². The lowest BCUT2D eigenvalue weighted by Crippen LogP contribution is -2.06. The maximum absolute atomic E-state index is 5.72. The summed E-state index contributed by atoms with van der Waals surface area (Å²) in [5.74, 6) is 0.901. The van der Waals surface area contributed by atoms with E-state index >= 15 is 0 Å². The predicted octanol–water partition coefficient (Wildman–Crippen LogP) is 1.56. The third-order valence-electron chi connectivity index (χ3n) is 2.88. The van der Waals surface area contributed by atoms with Crippen molar-refractivity contribution in [1.29, 1.82) is 0 Å². The summed E-state index contributed by atoms with van der Waals surface area (Å²) < 4.78 is 1.82. The number of fused-ring (bicyclic) bond motifs is 1. The molecule has 6 heteroatoms. The first-order chi connectivity index (χ1) is 9.24. The van der Waals surface area contributed by atoms with E-state index in [1.807, 2.05) is 41.9 Å². The number of nitrogens with two attached hydrogens (primary N) is 1. The molecule has 2 aromatic heterocycles. The molecular formula is C13H14N6. The molecule has 0 unspecified atom stereocenters. The molecule has 3 N–H and O–H groups in total. The highest BCUT2D eigenvalue weighted by Gasteiger charge is 2.10. The number of aryl methyl sites for hydroxylation is 1. The molecule has 0 spiro atoms. The Kier molecular flexibility index (Phi) is 2.75. The minimum Gasteiger partial charge on any atom is -0.368 e. The van der Waals surface area contributed by atoms with Crippen LogP contribution in [-0.4, -0.2) is 19.5 Å². The van der Waals surface area contributed by atoms with Crippen molar-refractivity contribution in [2.45, 2.75) is 6.54 Å². The first-order valence-electron chi connectivity index (χ1n) is 5.96. The monoisotopic (exact) mass is 254 g/mol. The second-order valence-electron chi connectivity index (χ2n) is 4.30. The fourth-order valence-corrected chi connectivity index (χ4v) is 1.93. The summed E-state index contributed by atoms with van der Waals surface area (Å²) in [5.41, 5.74) is 8.34. The van der Waals surface area contributed by atoms with Gasteiger partial charge in [0.05, 0.1) is 6.33 Å². The zero-order valence-electron chi connectivity index (χ0n) is 10.5. The van der Waals surface area contributed by atoms with Crippen LogP contribution in [0.25, 0.3) is 11.2 Å². The molecular weight excluding hydrogens is 240 g/mol. The third kappa shape index (κ3) is 2.20. The first-order valence-corrected chi connectivity index (χ1v) is 5.96. The van der Waals surface area contributed by atoms with E-state index in [-0.39, 0.29) is 5.95 Å². The number of hydrogen-bond donors (Lipinski definition) is 2. The summed E-state index contributed by atoms with van der Waals surface area (Å²) in [6.07, 6.45) is 1.70. The smallest absolute Gasteiger partial charge is 0.224 e. The van der Waals surface area contributed by atoms with Crippen LogP contribution in [0, 0.1) is 0 Å². The number of imidazole rings is 1. The molecule has 0 saturated carbocycles. The summed E-state index contributed by atoms with van der Waals surface area (Å²) in [5, 5.41) is 3.25. The Labute approximate surface area is 110 Å². The molecule has 96 valence electrons. The molecule has 0 amide bonds. The Morgan fingerprint density at radius 3 is 2.79 bits per heavy atom. The van der Waals surface area contributed by atoms with Crippen LogP contribution in [-0.2, 0) is 13.6 Å². The standard InChI is InChI=1S/C13H14N6/c1-19-8-16-10-11(17-13(14)18-12(10)19)15-7-9-5-3-2-4-6-9/h2-6,8H,7H2,1H3,(H3,14,15,17,18). The molecule has 0 aliphatic carbocycles. The quantitative estimate of drug-likeness (QED) is 0.741. The van der Waals surface area contributed by atoms with Crippen LogP contribution in [0.2, 0.25) is 0 Å². The van der Waals surface area contributed by atoms with Crippen molar-refractivity contribution in [3.63, 3.8) is 0 Å². The van der Waals surface area contributed by atoms with Gasteiger partial charge >= 0.3 is 0 Å². The Balaban J connectivity index is 1.92. The number of nitrogens with one attached hydrogen (secondary N) is 1. The molecule has 0 aliphatic rings. The number of nitrogens with zero attached hydrogens (tertiary/aromatic N) is 4. The molecule has 0 fully saturated rings. The van der Waals surface area contributed by atoms with Crippen molar-refractivity contribution >= 4 is 22.9 Å². The summed E-state index contributed by atoms with van der Waals surface area (Å²) in [7, 11) is 1.88. The molecule has 0 radical (unpaired) electrons. The van der Waals surface area contributed by atoms with Gasteiger partial charge in [0.15, 0.2) is 17.0 Å². The van der Waals surface area contributed by atoms with Crippen LogP contribution >= 0.6 is 0 Å². The van der Waals surface area contributed by atoms with Crippen LogP contribution in [0.3, 0.4) is 0 Å². The van der Waals surface area contributed by atoms with Gasteiger partial charge in [0.1, 0.15) is 0 Å². The number of hydrogen-bond acceptors (Lipinski definition) is 5. The lowest BCUT2D eigenvalue weighted by Gasteiger charge is -2.07. The highest BCUT2D eigenvalue weighted by Crippen LogP contribution is 2.19. The third-order valence-corrected chi connectivity index (χ3v) is 2.88. The molecule has 3 aromatic rings. The average Bonchev–Trinajstić information content (AvgIpc) is 2.79. The first kappa shape index (κ1) is 11.5. The van der Waals surface area contributed by atoms with Crippen molar-refractivity contribution in [2.75, 3.05) is 11.1 Å². The topological polar surface area (TPSA) is 81.7 Å². The SMILES string of the molecule is Cn1cnc2c(NCc3ccccc3)nc(N)nc21. The normalized spacial score (nSPS) is 10.8. The Bertz CT molecular complexity index is 704. The van der Waals surface area contributed by atoms with E-state index in [4.69, 9.17) is 5.73 Å². The number of nitrogen functional groups attached to an aromatic ring is 1. The van der Waals surface area contributed by atoms with Crippen LogP contribution < -0.4 is 11.1 Å². The van der Waals surface area contributed by atoms with E-state index in [2.05, 4.69) is 20.3 Å². The maximum atomic E-state index is 5.72. The van der Waals surface area contributed by atoms with Crippen LogP contribution in [0.5, 0.6) is 0 Å². The van der Waals surface area contributed by atoms with Gasteiger partial charge in [-0.15, -0.1) is 0 Å². The molecule has 19 heavy (non-hydrogen) atoms. The second kappa shape index (κ2) is 4.56. The van der Waals surface area contributed by atoms with Crippen molar-refractivity contribution in [3.8, 4) is 0 Å². The highest BCUT2D eigenvalue weighted by molar-refractivity contribution is 5.83. The molecule has 0 aliphatic heterocycles. The van der Waals surface area contributed by atoms with Crippen molar-refractivity contribution in [2.24, 2.45) is 7.05 Å². The molecule has 3 rings (SSSR count). The Hall–Kier alpha value is -2.63. The predicted molar refractivity (Wildman–Crippen MR) is 74.5 cm³/mol. The van der Waals surface area contributed by atoms with Crippen molar-refractivity contribution in [3.05, 3.63) is 42.2 Å². The minimum absolute atomic E-state index is 0.242. The van der Waals surface area contributed by atoms with E-state index in [0.29, 0.717) is 12.4 Å². The van der Waals surface area contributed by atoms with Crippen molar-refractivity contribution in [1.82, 2.24) is 19.5 Å². The van der Waals surface area contributed by atoms with Gasteiger partial charge in [0.25, 0.3) is 0 Å². The van der Waals surface area contributed by atoms with Gasteiger partial charge < -0.3 is 15.6 Å². The van der Waals surface area contributed by atoms with E-state index < -0.39 is 0 Å². The van der Waals surface area contributed by atoms with Crippen LogP contribution in [0.15, 0.2) is 36.7 Å². The van der Waals surface area contributed by atoms with Gasteiger partial charge in [-0.3, -0.25) is 0 Å². The minimum atomic E-state index is 0.242. The van der Waals surface area contributed by atoms with E-state index in [9.17, 15) is 0 Å². The molecule has 1 aromatic carbocycles. The zero-order valence-corrected chi connectivity index (χ0v) is 10.5. The van der Waals surface area contributed by atoms with Gasteiger partial charge in [0, 0.05) is 13.6 Å². The maximum Gasteiger partial charge on any atom is 0.224 e. The largest absolute Gasteiger partial charge is 0.368 e. The Morgan fingerprint density at radius 1 is 1.21 bits per heavy atom. The van der Waals surface area contributed by atoms with E-state index in [1.54, 1.807) is 6.33 Å². The lowest BCUT2D eigenvalue weighted by atomic mass is 10.2. The molecule has 0 bridgehead atoms. The summed E-state index contributed by atoms with van der Waals surface area (Å²) >= 11 is 0. The molecule has 0 saturated heterocycles. The Morgan fingerprint density at radius 2 is 2.00 bits per heavy atom. The summed E-state index contributed by atoms with van der Waals surface area (Å²) in [6.45, 7) is 0.670. The average molecular weight is 254 g/mol. The van der Waals surface area contributed by atoms with Gasteiger partial charge in [-0.05, 0) is 5.56 Å². The fraction of sp³-hybridized carbons (Fsp3) is 0.154. The zero-order chi connectivity index (χ0) is 13.2.